The van der Waals surface area contributed by atoms with E-state index in [2.05, 4.69) is 5.10 Å². The molecular formula is C18H28N4O3. The molecule has 138 valence electrons. The largest absolute Gasteiger partial charge is 0.383 e. The van der Waals surface area contributed by atoms with Crippen LogP contribution in [0.4, 0.5) is 0 Å². The van der Waals surface area contributed by atoms with Gasteiger partial charge in [-0.2, -0.15) is 5.10 Å². The molecule has 25 heavy (non-hydrogen) atoms. The van der Waals surface area contributed by atoms with Gasteiger partial charge in [0.1, 0.15) is 0 Å². The van der Waals surface area contributed by atoms with Crippen molar-refractivity contribution < 1.29 is 14.3 Å². The number of aryl methyl sites for hydroxylation is 2. The molecule has 0 aliphatic carbocycles. The fourth-order valence-electron chi connectivity index (χ4n) is 4.02. The zero-order valence-electron chi connectivity index (χ0n) is 15.2. The number of carbonyl (C=O) groups excluding carboxylic acids is 2. The first-order valence-corrected chi connectivity index (χ1v) is 9.10. The molecule has 1 spiro atoms. The zero-order chi connectivity index (χ0) is 17.9. The smallest absolute Gasteiger partial charge is 0.230 e. The van der Waals surface area contributed by atoms with Gasteiger partial charge in [0.25, 0.3) is 0 Å². The lowest BCUT2D eigenvalue weighted by molar-refractivity contribution is -0.146. The molecule has 2 aliphatic heterocycles. The maximum Gasteiger partial charge on any atom is 0.230 e. The summed E-state index contributed by atoms with van der Waals surface area (Å²) in [6, 6.07) is 1.94. The van der Waals surface area contributed by atoms with Crippen LogP contribution in [0, 0.1) is 12.3 Å². The highest BCUT2D eigenvalue weighted by atomic mass is 16.5. The van der Waals surface area contributed by atoms with Crippen LogP contribution < -0.4 is 0 Å². The minimum atomic E-state index is -0.372. The Kier molecular flexibility index (Phi) is 5.42. The monoisotopic (exact) mass is 348 g/mol. The molecule has 3 rings (SSSR count). The molecule has 0 radical (unpaired) electrons. The van der Waals surface area contributed by atoms with Crippen molar-refractivity contribution in [3.05, 3.63) is 18.0 Å². The Bertz CT molecular complexity index is 630. The molecule has 2 amide bonds. The lowest BCUT2D eigenvalue weighted by Gasteiger charge is -2.39. The summed E-state index contributed by atoms with van der Waals surface area (Å²) in [5, 5.41) is 4.22. The first-order chi connectivity index (χ1) is 12.1. The van der Waals surface area contributed by atoms with Crippen molar-refractivity contribution in [1.82, 2.24) is 19.6 Å². The van der Waals surface area contributed by atoms with E-state index in [1.165, 1.54) is 0 Å². The summed E-state index contributed by atoms with van der Waals surface area (Å²) in [6.45, 7) is 5.83. The first kappa shape index (κ1) is 17.9. The highest BCUT2D eigenvalue weighted by Crippen LogP contribution is 2.40. The summed E-state index contributed by atoms with van der Waals surface area (Å²) in [7, 11) is 1.65. The molecule has 1 atom stereocenters. The summed E-state index contributed by atoms with van der Waals surface area (Å²) < 4.78 is 6.96. The number of amides is 2. The number of rotatable bonds is 6. The van der Waals surface area contributed by atoms with Crippen molar-refractivity contribution in [2.24, 2.45) is 5.41 Å². The predicted octanol–water partition coefficient (Wildman–Crippen LogP) is 1.07. The van der Waals surface area contributed by atoms with Gasteiger partial charge < -0.3 is 14.5 Å². The molecule has 0 N–H and O–H groups in total. The van der Waals surface area contributed by atoms with E-state index in [4.69, 9.17) is 4.74 Å². The lowest BCUT2D eigenvalue weighted by atomic mass is 9.78. The van der Waals surface area contributed by atoms with Crippen LogP contribution in [-0.4, -0.2) is 71.3 Å². The van der Waals surface area contributed by atoms with E-state index in [-0.39, 0.29) is 17.2 Å². The summed E-state index contributed by atoms with van der Waals surface area (Å²) in [5.41, 5.74) is 0.686. The second-order valence-corrected chi connectivity index (χ2v) is 7.18. The fourth-order valence-corrected chi connectivity index (χ4v) is 4.02. The van der Waals surface area contributed by atoms with E-state index in [0.717, 1.165) is 31.5 Å². The maximum absolute atomic E-state index is 12.9. The molecule has 2 saturated heterocycles. The minimum Gasteiger partial charge on any atom is -0.383 e. The Morgan fingerprint density at radius 2 is 2.16 bits per heavy atom. The van der Waals surface area contributed by atoms with Crippen molar-refractivity contribution in [3.8, 4) is 0 Å². The van der Waals surface area contributed by atoms with Gasteiger partial charge in [-0.15, -0.1) is 0 Å². The van der Waals surface area contributed by atoms with E-state index in [0.29, 0.717) is 39.2 Å². The second kappa shape index (κ2) is 7.56. The second-order valence-electron chi connectivity index (χ2n) is 7.18. The zero-order valence-corrected chi connectivity index (χ0v) is 15.2. The van der Waals surface area contributed by atoms with Gasteiger partial charge in [-0.05, 0) is 32.3 Å². The Morgan fingerprint density at radius 1 is 1.32 bits per heavy atom. The van der Waals surface area contributed by atoms with Crippen molar-refractivity contribution in [3.63, 3.8) is 0 Å². The third-order valence-electron chi connectivity index (χ3n) is 5.56. The van der Waals surface area contributed by atoms with Gasteiger partial charge in [-0.1, -0.05) is 0 Å². The van der Waals surface area contributed by atoms with E-state index >= 15 is 0 Å². The summed E-state index contributed by atoms with van der Waals surface area (Å²) in [5.74, 6) is 0.322. The van der Waals surface area contributed by atoms with E-state index in [1.807, 2.05) is 27.5 Å². The van der Waals surface area contributed by atoms with Gasteiger partial charge in [0.2, 0.25) is 11.8 Å². The molecule has 0 aromatic carbocycles. The first-order valence-electron chi connectivity index (χ1n) is 9.10. The van der Waals surface area contributed by atoms with Gasteiger partial charge >= 0.3 is 0 Å². The van der Waals surface area contributed by atoms with Gasteiger partial charge in [0.15, 0.2) is 0 Å². The highest BCUT2D eigenvalue weighted by molar-refractivity contribution is 5.86. The Morgan fingerprint density at radius 3 is 2.88 bits per heavy atom. The van der Waals surface area contributed by atoms with Crippen LogP contribution in [-0.2, 0) is 20.9 Å². The molecule has 2 aliphatic rings. The molecule has 1 aromatic heterocycles. The average Bonchev–Trinajstić information content (AvgIpc) is 3.21. The lowest BCUT2D eigenvalue weighted by Crippen LogP contribution is -2.51. The summed E-state index contributed by atoms with van der Waals surface area (Å²) in [6.07, 6.45) is 4.85. The normalized spacial score (nSPS) is 23.7. The van der Waals surface area contributed by atoms with Crippen LogP contribution in [0.1, 0.15) is 31.4 Å². The van der Waals surface area contributed by atoms with Crippen molar-refractivity contribution in [2.75, 3.05) is 39.9 Å². The van der Waals surface area contributed by atoms with E-state index < -0.39 is 0 Å². The van der Waals surface area contributed by atoms with Crippen LogP contribution >= 0.6 is 0 Å². The molecule has 3 heterocycles. The number of piperidine rings is 1. The summed E-state index contributed by atoms with van der Waals surface area (Å²) >= 11 is 0. The van der Waals surface area contributed by atoms with Crippen LogP contribution in [0.3, 0.4) is 0 Å². The van der Waals surface area contributed by atoms with E-state index in [1.54, 1.807) is 13.3 Å². The molecule has 0 bridgehead atoms. The Balaban J connectivity index is 1.57. The topological polar surface area (TPSA) is 67.7 Å². The maximum atomic E-state index is 12.9. The Hall–Kier alpha value is -1.89. The number of carbonyl (C=O) groups is 2. The highest BCUT2D eigenvalue weighted by Gasteiger charge is 2.49. The van der Waals surface area contributed by atoms with Crippen molar-refractivity contribution in [1.29, 1.82) is 0 Å². The number of likely N-dealkylation sites (tertiary alicyclic amines) is 2. The molecular weight excluding hydrogens is 320 g/mol. The fraction of sp³-hybridized carbons (Fsp3) is 0.722. The van der Waals surface area contributed by atoms with Crippen LogP contribution in [0.25, 0.3) is 0 Å². The molecule has 1 unspecified atom stereocenters. The number of ether oxygens (including phenoxy) is 1. The van der Waals surface area contributed by atoms with Crippen molar-refractivity contribution >= 4 is 11.8 Å². The van der Waals surface area contributed by atoms with Crippen LogP contribution in [0.2, 0.25) is 0 Å². The van der Waals surface area contributed by atoms with Gasteiger partial charge in [-0.25, -0.2) is 0 Å². The van der Waals surface area contributed by atoms with Crippen molar-refractivity contribution in [2.45, 2.75) is 39.2 Å². The number of nitrogens with zero attached hydrogens (tertiary/aromatic N) is 4. The van der Waals surface area contributed by atoms with Gasteiger partial charge in [-0.3, -0.25) is 14.3 Å². The third kappa shape index (κ3) is 3.71. The molecule has 7 heteroatoms. The summed E-state index contributed by atoms with van der Waals surface area (Å²) in [4.78, 5) is 29.3. The average molecular weight is 348 g/mol. The number of aromatic nitrogens is 2. The SMILES string of the molecule is COCCN1CCCC2(CCN(C(=O)CCn3nccc3C)C2)C1=O. The minimum absolute atomic E-state index is 0.119. The quantitative estimate of drug-likeness (QED) is 0.771. The van der Waals surface area contributed by atoms with Crippen LogP contribution in [0.15, 0.2) is 12.3 Å². The molecule has 7 nitrogen and oxygen atoms in total. The number of methoxy groups -OCH3 is 1. The predicted molar refractivity (Wildman–Crippen MR) is 92.9 cm³/mol. The molecule has 1 aromatic rings. The number of hydrogen-bond donors (Lipinski definition) is 0. The number of hydrogen-bond acceptors (Lipinski definition) is 4. The molecule has 2 fully saturated rings. The van der Waals surface area contributed by atoms with Gasteiger partial charge in [0, 0.05) is 58.1 Å². The third-order valence-corrected chi connectivity index (χ3v) is 5.56. The standard InChI is InChI=1S/C18H28N4O3/c1-15-4-8-19-22(15)10-5-16(23)21-11-7-18(14-21)6-3-9-20(17(18)24)12-13-25-2/h4,8H,3,5-7,9-14H2,1-2H3. The van der Waals surface area contributed by atoms with E-state index in [9.17, 15) is 9.59 Å². The van der Waals surface area contributed by atoms with Gasteiger partial charge in [0.05, 0.1) is 12.0 Å². The van der Waals surface area contributed by atoms with Crippen LogP contribution in [0.5, 0.6) is 0 Å². The Labute approximate surface area is 148 Å². The molecule has 0 saturated carbocycles.